The number of ether oxygens (including phenoxy) is 1. The molecule has 3 heterocycles. The predicted molar refractivity (Wildman–Crippen MR) is 64.9 cm³/mol. The number of rotatable bonds is 2. The second-order valence-corrected chi connectivity index (χ2v) is 4.44. The molecular formula is C11H14N4O4. The van der Waals surface area contributed by atoms with Crippen LogP contribution in [0, 0.1) is 0 Å². The summed E-state index contributed by atoms with van der Waals surface area (Å²) in [6.07, 6.45) is -0.952. The lowest BCUT2D eigenvalue weighted by atomic mass is 10.1. The van der Waals surface area contributed by atoms with Gasteiger partial charge >= 0.3 is 0 Å². The average molecular weight is 266 g/mol. The molecular weight excluding hydrogens is 252 g/mol. The monoisotopic (exact) mass is 266 g/mol. The van der Waals surface area contributed by atoms with E-state index in [2.05, 4.69) is 9.97 Å². The molecule has 2 aromatic heterocycles. The highest BCUT2D eigenvalue weighted by Crippen LogP contribution is 2.32. The van der Waals surface area contributed by atoms with Crippen molar-refractivity contribution in [2.45, 2.75) is 24.5 Å². The molecule has 2 aromatic rings. The first kappa shape index (κ1) is 12.3. The quantitative estimate of drug-likeness (QED) is 0.528. The van der Waals surface area contributed by atoms with Crippen molar-refractivity contribution < 1.29 is 20.1 Å². The molecule has 102 valence electrons. The maximum absolute atomic E-state index is 9.98. The minimum absolute atomic E-state index is 0.281. The fourth-order valence-electron chi connectivity index (χ4n) is 2.29. The van der Waals surface area contributed by atoms with E-state index in [4.69, 9.17) is 15.6 Å². The fourth-order valence-corrected chi connectivity index (χ4v) is 2.29. The normalized spacial score (nSPS) is 31.1. The summed E-state index contributed by atoms with van der Waals surface area (Å²) in [7, 11) is 0. The molecule has 0 bridgehead atoms. The van der Waals surface area contributed by atoms with Crippen molar-refractivity contribution in [2.75, 3.05) is 12.3 Å². The van der Waals surface area contributed by atoms with Crippen LogP contribution in [-0.4, -0.2) is 54.8 Å². The minimum atomic E-state index is -1.15. The van der Waals surface area contributed by atoms with Crippen LogP contribution < -0.4 is 5.73 Å². The van der Waals surface area contributed by atoms with Gasteiger partial charge in [0.1, 0.15) is 23.8 Å². The van der Waals surface area contributed by atoms with E-state index in [1.165, 1.54) is 12.5 Å². The highest BCUT2D eigenvalue weighted by Gasteiger charge is 2.43. The molecule has 3 rings (SSSR count). The van der Waals surface area contributed by atoms with Crippen LogP contribution in [0.15, 0.2) is 18.6 Å². The lowest BCUT2D eigenvalue weighted by Crippen LogP contribution is -2.33. The van der Waals surface area contributed by atoms with Gasteiger partial charge in [-0.25, -0.2) is 9.97 Å². The van der Waals surface area contributed by atoms with E-state index in [0.29, 0.717) is 11.0 Å². The molecule has 0 unspecified atom stereocenters. The van der Waals surface area contributed by atoms with Crippen LogP contribution in [0.1, 0.15) is 6.23 Å². The molecule has 0 saturated carbocycles. The lowest BCUT2D eigenvalue weighted by Gasteiger charge is -2.16. The van der Waals surface area contributed by atoms with Gasteiger partial charge in [0.15, 0.2) is 12.0 Å². The molecule has 5 N–H and O–H groups in total. The van der Waals surface area contributed by atoms with Crippen molar-refractivity contribution >= 4 is 16.9 Å². The molecule has 0 amide bonds. The number of nitrogen functional groups attached to an aromatic ring is 1. The van der Waals surface area contributed by atoms with Crippen molar-refractivity contribution in [3.05, 3.63) is 18.6 Å². The van der Waals surface area contributed by atoms with Gasteiger partial charge in [-0.3, -0.25) is 0 Å². The summed E-state index contributed by atoms with van der Waals surface area (Å²) < 4.78 is 7.01. The first-order valence-corrected chi connectivity index (χ1v) is 5.83. The average Bonchev–Trinajstić information content (AvgIpc) is 2.94. The largest absolute Gasteiger partial charge is 0.394 e. The molecule has 1 aliphatic rings. The number of imidazole rings is 1. The van der Waals surface area contributed by atoms with Gasteiger partial charge in [0.2, 0.25) is 0 Å². The summed E-state index contributed by atoms with van der Waals surface area (Å²) in [6.45, 7) is -0.370. The van der Waals surface area contributed by atoms with E-state index in [9.17, 15) is 10.2 Å². The Morgan fingerprint density at radius 3 is 2.79 bits per heavy atom. The van der Waals surface area contributed by atoms with E-state index >= 15 is 0 Å². The molecule has 1 saturated heterocycles. The Balaban J connectivity index is 2.04. The zero-order chi connectivity index (χ0) is 13.6. The number of nitrogens with two attached hydrogens (primary N) is 1. The van der Waals surface area contributed by atoms with E-state index < -0.39 is 24.5 Å². The van der Waals surface area contributed by atoms with Gasteiger partial charge in [0.25, 0.3) is 0 Å². The topological polar surface area (TPSA) is 127 Å². The van der Waals surface area contributed by atoms with E-state index in [-0.39, 0.29) is 12.4 Å². The van der Waals surface area contributed by atoms with Gasteiger partial charge in [-0.15, -0.1) is 0 Å². The zero-order valence-corrected chi connectivity index (χ0v) is 9.92. The number of aliphatic hydroxyl groups excluding tert-OH is 3. The zero-order valence-electron chi connectivity index (χ0n) is 9.92. The SMILES string of the molecule is Nc1nccc2c1ncn2[C@H]1O[C@@H](CO)[C@@H](O)[C@@H]1O. The molecule has 19 heavy (non-hydrogen) atoms. The van der Waals surface area contributed by atoms with E-state index in [1.54, 1.807) is 10.6 Å². The van der Waals surface area contributed by atoms with Gasteiger partial charge in [-0.05, 0) is 6.07 Å². The smallest absolute Gasteiger partial charge is 0.164 e. The number of hydrogen-bond donors (Lipinski definition) is 4. The number of aromatic nitrogens is 3. The Morgan fingerprint density at radius 2 is 2.11 bits per heavy atom. The molecule has 8 nitrogen and oxygen atoms in total. The summed E-state index contributed by atoms with van der Waals surface area (Å²) >= 11 is 0. The second-order valence-electron chi connectivity index (χ2n) is 4.44. The highest BCUT2D eigenvalue weighted by molar-refractivity contribution is 5.84. The van der Waals surface area contributed by atoms with Gasteiger partial charge in [0.05, 0.1) is 18.5 Å². The van der Waals surface area contributed by atoms with Gasteiger partial charge in [0, 0.05) is 6.20 Å². The standard InChI is InChI=1S/C11H14N4O4/c12-10-7-5(1-2-13-10)15(4-14-7)11-9(18)8(17)6(3-16)19-11/h1-2,4,6,8-9,11,16-18H,3H2,(H2,12,13)/t6-,8+,9-,11-/m0/s1. The molecule has 0 aliphatic carbocycles. The Morgan fingerprint density at radius 1 is 1.32 bits per heavy atom. The molecule has 0 radical (unpaired) electrons. The third-order valence-corrected chi connectivity index (χ3v) is 3.31. The first-order chi connectivity index (χ1) is 9.13. The van der Waals surface area contributed by atoms with Crippen molar-refractivity contribution in [1.82, 2.24) is 14.5 Å². The van der Waals surface area contributed by atoms with Crippen LogP contribution in [0.25, 0.3) is 11.0 Å². The summed E-state index contributed by atoms with van der Waals surface area (Å²) in [6, 6.07) is 1.69. The number of hydrogen-bond acceptors (Lipinski definition) is 7. The first-order valence-electron chi connectivity index (χ1n) is 5.83. The van der Waals surface area contributed by atoms with Crippen LogP contribution in [-0.2, 0) is 4.74 Å². The summed E-state index contributed by atoms with van der Waals surface area (Å²) in [5.41, 5.74) is 6.85. The van der Waals surface area contributed by atoms with Crippen LogP contribution in [0.2, 0.25) is 0 Å². The van der Waals surface area contributed by atoms with Crippen molar-refractivity contribution in [2.24, 2.45) is 0 Å². The van der Waals surface area contributed by atoms with Crippen LogP contribution in [0.5, 0.6) is 0 Å². The molecule has 0 aromatic carbocycles. The van der Waals surface area contributed by atoms with Gasteiger partial charge in [-0.1, -0.05) is 0 Å². The van der Waals surface area contributed by atoms with Crippen LogP contribution >= 0.6 is 0 Å². The fraction of sp³-hybridized carbons (Fsp3) is 0.455. The van der Waals surface area contributed by atoms with Gasteiger partial charge < -0.3 is 30.4 Å². The van der Waals surface area contributed by atoms with Crippen LogP contribution in [0.4, 0.5) is 5.82 Å². The van der Waals surface area contributed by atoms with E-state index in [1.807, 2.05) is 0 Å². The number of anilines is 1. The predicted octanol–water partition coefficient (Wildman–Crippen LogP) is -1.38. The summed E-state index contributed by atoms with van der Waals surface area (Å²) in [5, 5.41) is 28.8. The maximum atomic E-state index is 9.98. The highest BCUT2D eigenvalue weighted by atomic mass is 16.6. The Labute approximate surface area is 108 Å². The molecule has 1 aliphatic heterocycles. The molecule has 0 spiro atoms. The second kappa shape index (κ2) is 4.42. The number of pyridine rings is 1. The Bertz CT molecular complexity index is 601. The third-order valence-electron chi connectivity index (χ3n) is 3.31. The molecule has 4 atom stereocenters. The number of nitrogens with zero attached hydrogens (tertiary/aromatic N) is 3. The van der Waals surface area contributed by atoms with Crippen molar-refractivity contribution in [1.29, 1.82) is 0 Å². The summed E-state index contributed by atoms with van der Waals surface area (Å²) in [4.78, 5) is 8.03. The molecule has 8 heteroatoms. The Kier molecular flexibility index (Phi) is 2.86. The number of aliphatic hydroxyl groups is 3. The van der Waals surface area contributed by atoms with Crippen LogP contribution in [0.3, 0.4) is 0 Å². The van der Waals surface area contributed by atoms with E-state index in [0.717, 1.165) is 0 Å². The third kappa shape index (κ3) is 1.77. The minimum Gasteiger partial charge on any atom is -0.394 e. The summed E-state index contributed by atoms with van der Waals surface area (Å²) in [5.74, 6) is 0.281. The molecule has 1 fully saturated rings. The Hall–Kier alpha value is -1.74. The van der Waals surface area contributed by atoms with Crippen molar-refractivity contribution in [3.8, 4) is 0 Å². The maximum Gasteiger partial charge on any atom is 0.164 e. The lowest BCUT2D eigenvalue weighted by molar-refractivity contribution is -0.0508. The number of fused-ring (bicyclic) bond motifs is 1. The van der Waals surface area contributed by atoms with Gasteiger partial charge in [-0.2, -0.15) is 0 Å². The van der Waals surface area contributed by atoms with Crippen molar-refractivity contribution in [3.63, 3.8) is 0 Å².